The molecular weight excluding hydrogens is 410 g/mol. The van der Waals surface area contributed by atoms with Crippen molar-refractivity contribution in [2.45, 2.75) is 32.9 Å². The van der Waals surface area contributed by atoms with E-state index in [9.17, 15) is 8.42 Å². The molecular formula is C23H25N5O2S. The molecule has 8 heteroatoms. The highest BCUT2D eigenvalue weighted by Crippen LogP contribution is 2.31. The Labute approximate surface area is 182 Å². The van der Waals surface area contributed by atoms with E-state index in [1.807, 2.05) is 19.2 Å². The molecule has 5 rings (SSSR count). The Balaban J connectivity index is 1.38. The number of nitrogens with zero attached hydrogens (tertiary/aromatic N) is 4. The van der Waals surface area contributed by atoms with Crippen LogP contribution in [0.3, 0.4) is 0 Å². The third-order valence-corrected chi connectivity index (χ3v) is 7.92. The molecule has 0 aliphatic carbocycles. The van der Waals surface area contributed by atoms with Crippen molar-refractivity contribution in [1.29, 1.82) is 0 Å². The minimum absolute atomic E-state index is 0.117. The van der Waals surface area contributed by atoms with Crippen LogP contribution in [-0.2, 0) is 22.8 Å². The summed E-state index contributed by atoms with van der Waals surface area (Å²) < 4.78 is 23.1. The zero-order valence-corrected chi connectivity index (χ0v) is 18.5. The average Bonchev–Trinajstić information content (AvgIpc) is 2.74. The van der Waals surface area contributed by atoms with Gasteiger partial charge in [-0.2, -0.15) is 0 Å². The van der Waals surface area contributed by atoms with Crippen molar-refractivity contribution >= 4 is 21.3 Å². The predicted octanol–water partition coefficient (Wildman–Crippen LogP) is 3.05. The topological polar surface area (TPSA) is 88.1 Å². The van der Waals surface area contributed by atoms with Gasteiger partial charge in [-0.15, -0.1) is 0 Å². The van der Waals surface area contributed by atoms with Crippen LogP contribution in [0.25, 0.3) is 11.3 Å². The van der Waals surface area contributed by atoms with Gasteiger partial charge in [-0.05, 0) is 49.6 Å². The number of hydrogen-bond acceptors (Lipinski definition) is 7. The molecule has 4 heterocycles. The van der Waals surface area contributed by atoms with E-state index in [-0.39, 0.29) is 17.5 Å². The van der Waals surface area contributed by atoms with E-state index in [1.54, 1.807) is 6.33 Å². The van der Waals surface area contributed by atoms with Crippen molar-refractivity contribution in [3.63, 3.8) is 0 Å². The van der Waals surface area contributed by atoms with E-state index in [1.165, 1.54) is 0 Å². The summed E-state index contributed by atoms with van der Waals surface area (Å²) in [4.78, 5) is 15.8. The lowest BCUT2D eigenvalue weighted by Crippen LogP contribution is -2.54. The minimum Gasteiger partial charge on any atom is -0.340 e. The lowest BCUT2D eigenvalue weighted by atomic mass is 10.0. The molecule has 2 aliphatic heterocycles. The zero-order valence-electron chi connectivity index (χ0n) is 17.7. The van der Waals surface area contributed by atoms with Crippen LogP contribution in [0.4, 0.5) is 11.5 Å². The summed E-state index contributed by atoms with van der Waals surface area (Å²) >= 11 is 0. The molecule has 0 spiro atoms. The third kappa shape index (κ3) is 4.05. The number of sulfone groups is 1. The molecule has 160 valence electrons. The van der Waals surface area contributed by atoms with E-state index in [0.717, 1.165) is 58.1 Å². The molecule has 2 aromatic heterocycles. The summed E-state index contributed by atoms with van der Waals surface area (Å²) in [6, 6.07) is 10.5. The number of aromatic nitrogens is 3. The number of hydrogen-bond donors (Lipinski definition) is 1. The highest BCUT2D eigenvalue weighted by Gasteiger charge is 2.39. The first kappa shape index (κ1) is 20.1. The Morgan fingerprint density at radius 1 is 1.06 bits per heavy atom. The molecule has 0 radical (unpaired) electrons. The van der Waals surface area contributed by atoms with Crippen molar-refractivity contribution in [1.82, 2.24) is 19.9 Å². The predicted molar refractivity (Wildman–Crippen MR) is 121 cm³/mol. The number of fused-ring (bicyclic) bond motifs is 1. The van der Waals surface area contributed by atoms with Crippen LogP contribution in [-0.4, -0.2) is 52.4 Å². The first-order chi connectivity index (χ1) is 14.9. The van der Waals surface area contributed by atoms with Gasteiger partial charge in [0.1, 0.15) is 12.1 Å². The fraction of sp³-hybridized carbons (Fsp3) is 0.348. The molecule has 3 aromatic rings. The summed E-state index contributed by atoms with van der Waals surface area (Å²) in [5, 5.41) is 3.47. The summed E-state index contributed by atoms with van der Waals surface area (Å²) in [5.74, 6) is 1.34. The molecule has 1 N–H and O–H groups in total. The minimum atomic E-state index is -2.83. The smallest absolute Gasteiger partial charge is 0.153 e. The second-order valence-corrected chi connectivity index (χ2v) is 10.6. The van der Waals surface area contributed by atoms with Gasteiger partial charge >= 0.3 is 0 Å². The van der Waals surface area contributed by atoms with E-state index >= 15 is 0 Å². The molecule has 0 unspecified atom stereocenters. The highest BCUT2D eigenvalue weighted by atomic mass is 32.2. The molecule has 0 atom stereocenters. The van der Waals surface area contributed by atoms with Crippen molar-refractivity contribution in [3.05, 3.63) is 65.2 Å². The summed E-state index contributed by atoms with van der Waals surface area (Å²) in [6.45, 7) is 5.61. The first-order valence-electron chi connectivity index (χ1n) is 10.5. The largest absolute Gasteiger partial charge is 0.340 e. The van der Waals surface area contributed by atoms with E-state index in [0.29, 0.717) is 6.54 Å². The lowest BCUT2D eigenvalue weighted by molar-refractivity contribution is 0.192. The lowest BCUT2D eigenvalue weighted by Gasteiger charge is -2.39. The van der Waals surface area contributed by atoms with Crippen molar-refractivity contribution < 1.29 is 8.42 Å². The number of anilines is 2. The second kappa shape index (κ2) is 7.69. The molecule has 0 amide bonds. The zero-order chi connectivity index (χ0) is 21.6. The Hall–Kier alpha value is -2.84. The fourth-order valence-corrected chi connectivity index (χ4v) is 5.78. The molecule has 1 saturated heterocycles. The molecule has 7 nitrogen and oxygen atoms in total. The number of rotatable bonds is 4. The Bertz CT molecular complexity index is 1230. The van der Waals surface area contributed by atoms with Gasteiger partial charge in [-0.1, -0.05) is 12.1 Å². The van der Waals surface area contributed by atoms with Gasteiger partial charge in [0.05, 0.1) is 22.9 Å². The quantitative estimate of drug-likeness (QED) is 0.674. The second-order valence-electron chi connectivity index (χ2n) is 8.47. The number of nitrogens with one attached hydrogen (secondary N) is 1. The maximum absolute atomic E-state index is 11.5. The van der Waals surface area contributed by atoms with Gasteiger partial charge < -0.3 is 5.32 Å². The Kier molecular flexibility index (Phi) is 4.98. The maximum atomic E-state index is 11.5. The number of pyridine rings is 1. The van der Waals surface area contributed by atoms with Crippen LogP contribution in [0, 0.1) is 13.8 Å². The van der Waals surface area contributed by atoms with Gasteiger partial charge in [0.15, 0.2) is 9.84 Å². The molecule has 31 heavy (non-hydrogen) atoms. The molecule has 1 fully saturated rings. The van der Waals surface area contributed by atoms with E-state index in [4.69, 9.17) is 0 Å². The average molecular weight is 436 g/mol. The molecule has 0 bridgehead atoms. The fourth-order valence-electron chi connectivity index (χ4n) is 4.28. The van der Waals surface area contributed by atoms with Crippen LogP contribution in [0.1, 0.15) is 22.4 Å². The van der Waals surface area contributed by atoms with Gasteiger partial charge in [0, 0.05) is 42.1 Å². The van der Waals surface area contributed by atoms with Gasteiger partial charge in [0.2, 0.25) is 0 Å². The van der Waals surface area contributed by atoms with Gasteiger partial charge in [0.25, 0.3) is 0 Å². The van der Waals surface area contributed by atoms with Gasteiger partial charge in [-0.25, -0.2) is 18.4 Å². The van der Waals surface area contributed by atoms with Crippen molar-refractivity contribution in [3.8, 4) is 11.3 Å². The van der Waals surface area contributed by atoms with E-state index in [2.05, 4.69) is 56.4 Å². The van der Waals surface area contributed by atoms with Crippen LogP contribution in [0.2, 0.25) is 0 Å². The third-order valence-electron chi connectivity index (χ3n) is 6.13. The summed E-state index contributed by atoms with van der Waals surface area (Å²) in [5.41, 5.74) is 7.37. The maximum Gasteiger partial charge on any atom is 0.153 e. The number of aryl methyl sites for hydroxylation is 2. The van der Waals surface area contributed by atoms with E-state index < -0.39 is 9.84 Å². The van der Waals surface area contributed by atoms with Crippen LogP contribution < -0.4 is 5.32 Å². The van der Waals surface area contributed by atoms with Crippen LogP contribution >= 0.6 is 0 Å². The van der Waals surface area contributed by atoms with Crippen molar-refractivity contribution in [2.24, 2.45) is 0 Å². The molecule has 2 aliphatic rings. The molecule has 0 saturated carbocycles. The number of benzene rings is 1. The van der Waals surface area contributed by atoms with Crippen LogP contribution in [0.5, 0.6) is 0 Å². The summed E-state index contributed by atoms with van der Waals surface area (Å²) in [7, 11) is -2.83. The Morgan fingerprint density at radius 3 is 2.65 bits per heavy atom. The monoisotopic (exact) mass is 435 g/mol. The summed E-state index contributed by atoms with van der Waals surface area (Å²) in [6.07, 6.45) is 4.26. The van der Waals surface area contributed by atoms with Crippen molar-refractivity contribution in [2.75, 3.05) is 23.4 Å². The highest BCUT2D eigenvalue weighted by molar-refractivity contribution is 7.92. The Morgan fingerprint density at radius 2 is 1.90 bits per heavy atom. The molecule has 1 aromatic carbocycles. The van der Waals surface area contributed by atoms with Gasteiger partial charge in [-0.3, -0.25) is 9.88 Å². The normalized spacial score (nSPS) is 18.3. The van der Waals surface area contributed by atoms with Crippen LogP contribution in [0.15, 0.2) is 42.9 Å². The standard InChI is InChI=1S/C23H25N5O2S/c1-15-3-6-21(24-10-15)20-9-17(5-4-16(20)2)27-23-19-7-8-28(11-22(19)25-14-26-23)18-12-31(29,30)13-18/h3-6,9-10,14,18H,7-8,11-13H2,1-2H3,(H,25,26,27). The SMILES string of the molecule is Cc1ccc(-c2cc(Nc3ncnc4c3CCN(C3CS(=O)(=O)C3)C4)ccc2C)nc1. The first-order valence-corrected chi connectivity index (χ1v) is 12.3.